The molecular weight excluding hydrogens is 867 g/mol. The van der Waals surface area contributed by atoms with Gasteiger partial charge >= 0.3 is 41.8 Å². The maximum atomic E-state index is 13.6. The van der Waals surface area contributed by atoms with E-state index < -0.39 is 62.2 Å². The second-order valence-electron chi connectivity index (χ2n) is 12.3. The van der Waals surface area contributed by atoms with Gasteiger partial charge in [0.05, 0.1) is 27.6 Å². The highest BCUT2D eigenvalue weighted by atomic mass is 32.1. The molecule has 5 rings (SSSR count). The van der Waals surface area contributed by atoms with E-state index in [0.29, 0.717) is 10.7 Å². The molecule has 18 nitrogen and oxygen atoms in total. The van der Waals surface area contributed by atoms with Gasteiger partial charge in [0.2, 0.25) is 25.5 Å². The minimum Gasteiger partial charge on any atom is -0.457 e. The van der Waals surface area contributed by atoms with Crippen LogP contribution in [0.25, 0.3) is 22.4 Å². The summed E-state index contributed by atoms with van der Waals surface area (Å²) in [7, 11) is 0. The quantitative estimate of drug-likeness (QED) is 0.0153. The SMILES string of the molecule is C=CC(=O)OCOC(=O)/C=C/c1ccc(C(=O)Oc2ccc(OC(=O)c3ccc(/C=C/C(=O)OCOC(=O)C=C)c(OCOC(=O)C=C)c3)c(/C=N/Nc3nc4ccccc4s3)c2)cc1. The number of para-hydroxylation sites is 1. The number of hydrogen-bond donors (Lipinski definition) is 1. The lowest BCUT2D eigenvalue weighted by Gasteiger charge is -2.13. The highest BCUT2D eigenvalue weighted by Gasteiger charge is 2.17. The minimum atomic E-state index is -0.884. The van der Waals surface area contributed by atoms with E-state index in [9.17, 15) is 33.6 Å². The monoisotopic (exact) mass is 901 g/mol. The summed E-state index contributed by atoms with van der Waals surface area (Å²) >= 11 is 1.35. The van der Waals surface area contributed by atoms with E-state index in [4.69, 9.17) is 28.4 Å². The fraction of sp³-hybridized carbons (Fsp3) is 0.0652. The standard InChI is InChI=1S/C46H35N3O15S/c1-4-39(50)58-26-57-37-24-32(17-16-30(37)18-22-43(54)62-28-60-41(52)6-3)45(56)64-36-20-19-34(23-33(36)25-47-49-46-48-35-9-7-8-10-38(35)65-46)63-44(55)31-14-11-29(12-15-31)13-21-42(53)61-27-59-40(51)5-2/h4-25H,1-3,26-28H2,(H,48,49)/b21-13+,22-18+,47-25+. The van der Waals surface area contributed by atoms with Crippen molar-refractivity contribution in [3.05, 3.63) is 163 Å². The second-order valence-corrected chi connectivity index (χ2v) is 13.3. The molecule has 1 heterocycles. The normalized spacial score (nSPS) is 10.8. The molecule has 0 bridgehead atoms. The Labute approximate surface area is 373 Å². The van der Waals surface area contributed by atoms with Crippen molar-refractivity contribution in [1.82, 2.24) is 4.98 Å². The molecule has 0 aliphatic rings. The van der Waals surface area contributed by atoms with Crippen LogP contribution in [0.3, 0.4) is 0 Å². The Bertz CT molecular complexity index is 2690. The number of carbonyl (C=O) groups excluding carboxylic acids is 7. The molecular formula is C46H35N3O15S. The summed E-state index contributed by atoms with van der Waals surface area (Å²) < 4.78 is 41.6. The maximum absolute atomic E-state index is 13.6. The molecule has 1 N–H and O–H groups in total. The van der Waals surface area contributed by atoms with E-state index in [1.807, 2.05) is 24.3 Å². The Morgan fingerprint density at radius 3 is 1.86 bits per heavy atom. The van der Waals surface area contributed by atoms with Gasteiger partial charge in [-0.25, -0.2) is 38.5 Å². The molecule has 0 amide bonds. The molecule has 65 heavy (non-hydrogen) atoms. The summed E-state index contributed by atoms with van der Waals surface area (Å²) in [5, 5.41) is 4.74. The Balaban J connectivity index is 1.34. The Morgan fingerprint density at radius 1 is 0.600 bits per heavy atom. The number of nitrogens with one attached hydrogen (secondary N) is 1. The number of anilines is 1. The number of thiazole rings is 1. The first-order valence-electron chi connectivity index (χ1n) is 18.6. The lowest BCUT2D eigenvalue weighted by Crippen LogP contribution is -2.13. The van der Waals surface area contributed by atoms with Gasteiger partial charge in [0, 0.05) is 41.5 Å². The Morgan fingerprint density at radius 2 is 1.20 bits per heavy atom. The van der Waals surface area contributed by atoms with Gasteiger partial charge in [-0.3, -0.25) is 5.43 Å². The first-order valence-corrected chi connectivity index (χ1v) is 19.4. The highest BCUT2D eigenvalue weighted by Crippen LogP contribution is 2.29. The van der Waals surface area contributed by atoms with Crippen molar-refractivity contribution in [2.45, 2.75) is 0 Å². The second kappa shape index (κ2) is 23.9. The van der Waals surface area contributed by atoms with Crippen LogP contribution in [0.15, 0.2) is 140 Å². The highest BCUT2D eigenvalue weighted by molar-refractivity contribution is 7.22. The largest absolute Gasteiger partial charge is 0.457 e. The number of carbonyl (C=O) groups is 7. The molecule has 330 valence electrons. The number of hydrogen-bond acceptors (Lipinski definition) is 19. The number of nitrogens with zero attached hydrogens (tertiary/aromatic N) is 2. The first-order chi connectivity index (χ1) is 31.4. The summed E-state index contributed by atoms with van der Waals surface area (Å²) in [4.78, 5) is 89.4. The van der Waals surface area contributed by atoms with Gasteiger partial charge in [-0.15, -0.1) is 0 Å². The molecule has 0 aliphatic heterocycles. The van der Waals surface area contributed by atoms with Gasteiger partial charge in [-0.2, -0.15) is 5.10 Å². The van der Waals surface area contributed by atoms with Crippen molar-refractivity contribution >= 4 is 86.8 Å². The summed E-state index contributed by atoms with van der Waals surface area (Å²) in [6.07, 6.45) is 8.90. The van der Waals surface area contributed by atoms with Gasteiger partial charge in [-0.05, 0) is 72.3 Å². The maximum Gasteiger partial charge on any atom is 0.343 e. The Hall–Kier alpha value is -8.97. The van der Waals surface area contributed by atoms with Crippen LogP contribution in [-0.4, -0.2) is 73.4 Å². The number of esters is 7. The Kier molecular flexibility index (Phi) is 17.3. The van der Waals surface area contributed by atoms with Crippen LogP contribution in [0.2, 0.25) is 0 Å². The van der Waals surface area contributed by atoms with Gasteiger partial charge in [-0.1, -0.05) is 61.4 Å². The average Bonchev–Trinajstić information content (AvgIpc) is 3.74. The molecule has 0 saturated carbocycles. The predicted octanol–water partition coefficient (Wildman–Crippen LogP) is 6.73. The van der Waals surface area contributed by atoms with E-state index in [1.165, 1.54) is 78.2 Å². The van der Waals surface area contributed by atoms with Crippen LogP contribution in [0.1, 0.15) is 37.4 Å². The van der Waals surface area contributed by atoms with Gasteiger partial charge < -0.3 is 37.9 Å². The zero-order valence-corrected chi connectivity index (χ0v) is 34.7. The third kappa shape index (κ3) is 14.9. The number of aromatic nitrogens is 1. The van der Waals surface area contributed by atoms with Crippen molar-refractivity contribution in [3.8, 4) is 17.2 Å². The van der Waals surface area contributed by atoms with Crippen LogP contribution < -0.4 is 19.6 Å². The fourth-order valence-electron chi connectivity index (χ4n) is 4.88. The van der Waals surface area contributed by atoms with E-state index in [0.717, 1.165) is 40.6 Å². The number of hydrazone groups is 1. The number of benzene rings is 4. The number of fused-ring (bicyclic) bond motifs is 1. The number of rotatable bonds is 21. The minimum absolute atomic E-state index is 0.00978. The van der Waals surface area contributed by atoms with Crippen LogP contribution in [-0.2, 0) is 47.7 Å². The zero-order chi connectivity index (χ0) is 46.6. The van der Waals surface area contributed by atoms with Gasteiger partial charge in [0.15, 0.2) is 0 Å². The molecule has 0 unspecified atom stereocenters. The lowest BCUT2D eigenvalue weighted by atomic mass is 10.1. The molecule has 0 radical (unpaired) electrons. The molecule has 1 aromatic heterocycles. The third-order valence-corrected chi connectivity index (χ3v) is 8.92. The first kappa shape index (κ1) is 47.1. The van der Waals surface area contributed by atoms with E-state index >= 15 is 0 Å². The van der Waals surface area contributed by atoms with Crippen LogP contribution in [0.4, 0.5) is 5.13 Å². The fourth-order valence-corrected chi connectivity index (χ4v) is 5.69. The van der Waals surface area contributed by atoms with Crippen molar-refractivity contribution in [3.63, 3.8) is 0 Å². The number of ether oxygens (including phenoxy) is 8. The molecule has 0 saturated heterocycles. The lowest BCUT2D eigenvalue weighted by molar-refractivity contribution is -0.162. The summed E-state index contributed by atoms with van der Waals surface area (Å²) in [5.41, 5.74) is 4.69. The van der Waals surface area contributed by atoms with E-state index in [1.54, 1.807) is 12.1 Å². The smallest absolute Gasteiger partial charge is 0.343 e. The molecule has 19 heteroatoms. The van der Waals surface area contributed by atoms with Crippen LogP contribution >= 0.6 is 11.3 Å². The third-order valence-electron chi connectivity index (χ3n) is 7.98. The van der Waals surface area contributed by atoms with Crippen molar-refractivity contribution in [1.29, 1.82) is 0 Å². The van der Waals surface area contributed by atoms with Crippen LogP contribution in [0, 0.1) is 0 Å². The van der Waals surface area contributed by atoms with Crippen molar-refractivity contribution < 1.29 is 71.5 Å². The predicted molar refractivity (Wildman–Crippen MR) is 234 cm³/mol. The van der Waals surface area contributed by atoms with E-state index in [-0.39, 0.29) is 39.5 Å². The van der Waals surface area contributed by atoms with Gasteiger partial charge in [0.25, 0.3) is 0 Å². The molecule has 0 atom stereocenters. The van der Waals surface area contributed by atoms with Crippen molar-refractivity contribution in [2.24, 2.45) is 5.10 Å². The van der Waals surface area contributed by atoms with E-state index in [2.05, 4.69) is 44.7 Å². The summed E-state index contributed by atoms with van der Waals surface area (Å²) in [6.45, 7) is 7.97. The van der Waals surface area contributed by atoms with Crippen LogP contribution in [0.5, 0.6) is 17.2 Å². The van der Waals surface area contributed by atoms with Crippen molar-refractivity contribution in [2.75, 3.05) is 25.8 Å². The topological polar surface area (TPSA) is 231 Å². The molecule has 0 fully saturated rings. The van der Waals surface area contributed by atoms with Gasteiger partial charge in [0.1, 0.15) is 17.2 Å². The zero-order valence-electron chi connectivity index (χ0n) is 33.9. The molecule has 0 aliphatic carbocycles. The molecule has 4 aromatic carbocycles. The molecule has 0 spiro atoms. The average molecular weight is 902 g/mol. The summed E-state index contributed by atoms with van der Waals surface area (Å²) in [5.74, 6) is -5.58. The summed E-state index contributed by atoms with van der Waals surface area (Å²) in [6, 6.07) is 21.8. The molecule has 5 aromatic rings.